The summed E-state index contributed by atoms with van der Waals surface area (Å²) in [5.74, 6) is 0. The molecule has 4 heteroatoms. The first-order chi connectivity index (χ1) is 7.60. The van der Waals surface area contributed by atoms with Crippen LogP contribution in [0, 0.1) is 0 Å². The highest BCUT2D eigenvalue weighted by Crippen LogP contribution is 2.07. The van der Waals surface area contributed by atoms with Crippen LogP contribution < -0.4 is 0 Å². The minimum absolute atomic E-state index is 0.0172. The van der Waals surface area contributed by atoms with E-state index in [0.29, 0.717) is 13.2 Å². The maximum Gasteiger partial charge on any atom is 0.0810 e. The average molecular weight is 234 g/mol. The predicted octanol–water partition coefficient (Wildman–Crippen LogP) is 1.34. The van der Waals surface area contributed by atoms with Crippen molar-refractivity contribution >= 4 is 0 Å². The maximum absolute atomic E-state index is 9.14. The van der Waals surface area contributed by atoms with Gasteiger partial charge in [-0.1, -0.05) is 19.8 Å². The van der Waals surface area contributed by atoms with Crippen LogP contribution in [0.5, 0.6) is 0 Å². The predicted molar refractivity (Wildman–Crippen MR) is 63.4 cm³/mol. The van der Waals surface area contributed by atoms with Crippen molar-refractivity contribution in [1.29, 1.82) is 0 Å². The second-order valence-corrected chi connectivity index (χ2v) is 4.27. The lowest BCUT2D eigenvalue weighted by Gasteiger charge is -2.20. The van der Waals surface area contributed by atoms with Crippen LogP contribution in [0.1, 0.15) is 40.0 Å². The summed E-state index contributed by atoms with van der Waals surface area (Å²) in [6, 6.07) is 0. The van der Waals surface area contributed by atoms with Gasteiger partial charge < -0.3 is 19.7 Å². The topological polar surface area (TPSA) is 58.9 Å². The lowest BCUT2D eigenvalue weighted by Crippen LogP contribution is -2.27. The molecule has 4 nitrogen and oxygen atoms in total. The van der Waals surface area contributed by atoms with Crippen LogP contribution >= 0.6 is 0 Å². The number of rotatable bonds is 10. The van der Waals surface area contributed by atoms with Crippen LogP contribution in [-0.2, 0) is 9.47 Å². The fraction of sp³-hybridized carbons (Fsp3) is 1.00. The molecule has 0 bridgehead atoms. The molecule has 0 aromatic heterocycles. The van der Waals surface area contributed by atoms with E-state index in [-0.39, 0.29) is 18.8 Å². The number of unbranched alkanes of at least 4 members (excludes halogenated alkanes) is 1. The Labute approximate surface area is 98.6 Å². The molecule has 0 spiro atoms. The van der Waals surface area contributed by atoms with E-state index in [0.717, 1.165) is 19.3 Å². The van der Waals surface area contributed by atoms with E-state index in [2.05, 4.69) is 6.92 Å². The molecule has 2 N–H and O–H groups in total. The zero-order chi connectivity index (χ0) is 12.4. The van der Waals surface area contributed by atoms with Crippen molar-refractivity contribution in [3.63, 3.8) is 0 Å². The summed E-state index contributed by atoms with van der Waals surface area (Å²) in [7, 11) is 0. The Morgan fingerprint density at radius 2 is 1.81 bits per heavy atom. The molecule has 16 heavy (non-hydrogen) atoms. The van der Waals surface area contributed by atoms with Gasteiger partial charge in [-0.3, -0.25) is 0 Å². The van der Waals surface area contributed by atoms with Crippen LogP contribution in [0.4, 0.5) is 0 Å². The zero-order valence-corrected chi connectivity index (χ0v) is 10.7. The smallest absolute Gasteiger partial charge is 0.0810 e. The van der Waals surface area contributed by atoms with Gasteiger partial charge in [0.25, 0.3) is 0 Å². The van der Waals surface area contributed by atoms with E-state index in [1.54, 1.807) is 6.92 Å². The van der Waals surface area contributed by atoms with Gasteiger partial charge in [-0.05, 0) is 20.3 Å². The first-order valence-corrected chi connectivity index (χ1v) is 6.12. The Morgan fingerprint density at radius 1 is 1.12 bits per heavy atom. The first-order valence-electron chi connectivity index (χ1n) is 6.12. The minimum Gasteiger partial charge on any atom is -0.394 e. The zero-order valence-electron chi connectivity index (χ0n) is 10.7. The lowest BCUT2D eigenvalue weighted by molar-refractivity contribution is -0.0720. The maximum atomic E-state index is 9.14. The number of aliphatic hydroxyl groups excluding tert-OH is 2. The van der Waals surface area contributed by atoms with E-state index in [1.165, 1.54) is 0 Å². The minimum atomic E-state index is -0.445. The van der Waals surface area contributed by atoms with Gasteiger partial charge >= 0.3 is 0 Å². The van der Waals surface area contributed by atoms with E-state index in [9.17, 15) is 0 Å². The monoisotopic (exact) mass is 234 g/mol. The van der Waals surface area contributed by atoms with Crippen LogP contribution in [0.3, 0.4) is 0 Å². The number of aliphatic hydroxyl groups is 2. The van der Waals surface area contributed by atoms with Crippen LogP contribution in [-0.4, -0.2) is 48.3 Å². The molecule has 0 aromatic carbocycles. The summed E-state index contributed by atoms with van der Waals surface area (Å²) in [6.45, 7) is 6.50. The summed E-state index contributed by atoms with van der Waals surface area (Å²) >= 11 is 0. The molecule has 0 radical (unpaired) electrons. The summed E-state index contributed by atoms with van der Waals surface area (Å²) in [5.41, 5.74) is 0. The Morgan fingerprint density at radius 3 is 2.31 bits per heavy atom. The van der Waals surface area contributed by atoms with Crippen molar-refractivity contribution in [2.75, 3.05) is 19.8 Å². The third-order valence-electron chi connectivity index (χ3n) is 2.28. The molecule has 0 aromatic rings. The van der Waals surface area contributed by atoms with Gasteiger partial charge in [-0.15, -0.1) is 0 Å². The molecule has 0 saturated carbocycles. The molecular formula is C12H26O4. The fourth-order valence-electron chi connectivity index (χ4n) is 1.25. The Hall–Kier alpha value is -0.160. The standard InChI is InChI=1S/C12H26O4/c1-4-5-6-12(16-8-10(2)14)9-15-11(3)7-13/h10-14H,4-9H2,1-3H3. The average Bonchev–Trinajstić information content (AvgIpc) is 2.27. The normalized spacial score (nSPS) is 17.1. The van der Waals surface area contributed by atoms with Gasteiger partial charge in [0.1, 0.15) is 0 Å². The van der Waals surface area contributed by atoms with Gasteiger partial charge in [-0.25, -0.2) is 0 Å². The first kappa shape index (κ1) is 15.8. The summed E-state index contributed by atoms with van der Waals surface area (Å²) in [5, 5.41) is 18.0. The quantitative estimate of drug-likeness (QED) is 0.599. The molecule has 3 atom stereocenters. The Kier molecular flexibility index (Phi) is 9.92. The molecule has 0 rings (SSSR count). The van der Waals surface area contributed by atoms with E-state index < -0.39 is 6.10 Å². The van der Waals surface area contributed by atoms with Crippen LogP contribution in [0.2, 0.25) is 0 Å². The molecule has 3 unspecified atom stereocenters. The van der Waals surface area contributed by atoms with E-state index in [1.807, 2.05) is 6.92 Å². The number of hydrogen-bond acceptors (Lipinski definition) is 4. The third-order valence-corrected chi connectivity index (χ3v) is 2.28. The molecule has 0 amide bonds. The molecule has 0 aliphatic carbocycles. The van der Waals surface area contributed by atoms with Gasteiger partial charge in [0, 0.05) is 0 Å². The van der Waals surface area contributed by atoms with Crippen molar-refractivity contribution in [2.24, 2.45) is 0 Å². The molecule has 0 aliphatic rings. The Balaban J connectivity index is 3.80. The third kappa shape index (κ3) is 9.09. The number of ether oxygens (including phenoxy) is 2. The molecule has 0 heterocycles. The summed E-state index contributed by atoms with van der Waals surface area (Å²) < 4.78 is 11.0. The molecule has 0 aliphatic heterocycles. The Bertz CT molecular complexity index is 150. The fourth-order valence-corrected chi connectivity index (χ4v) is 1.25. The van der Waals surface area contributed by atoms with Crippen LogP contribution in [0.25, 0.3) is 0 Å². The second-order valence-electron chi connectivity index (χ2n) is 4.27. The largest absolute Gasteiger partial charge is 0.394 e. The SMILES string of the molecule is CCCCC(COC(C)CO)OCC(C)O. The van der Waals surface area contributed by atoms with E-state index >= 15 is 0 Å². The van der Waals surface area contributed by atoms with Crippen LogP contribution in [0.15, 0.2) is 0 Å². The molecule has 0 saturated heterocycles. The highest BCUT2D eigenvalue weighted by molar-refractivity contribution is 4.60. The van der Waals surface area contributed by atoms with Crippen molar-refractivity contribution in [1.82, 2.24) is 0 Å². The van der Waals surface area contributed by atoms with Gasteiger partial charge in [0.15, 0.2) is 0 Å². The number of hydrogen-bond donors (Lipinski definition) is 2. The van der Waals surface area contributed by atoms with Gasteiger partial charge in [0.2, 0.25) is 0 Å². The highest BCUT2D eigenvalue weighted by atomic mass is 16.5. The summed E-state index contributed by atoms with van der Waals surface area (Å²) in [6.07, 6.45) is 2.55. The second kappa shape index (κ2) is 10.0. The van der Waals surface area contributed by atoms with Crippen molar-refractivity contribution in [3.8, 4) is 0 Å². The lowest BCUT2D eigenvalue weighted by atomic mass is 10.2. The van der Waals surface area contributed by atoms with Gasteiger partial charge in [0.05, 0.1) is 38.1 Å². The van der Waals surface area contributed by atoms with Gasteiger partial charge in [-0.2, -0.15) is 0 Å². The van der Waals surface area contributed by atoms with Crippen molar-refractivity contribution in [3.05, 3.63) is 0 Å². The molecular weight excluding hydrogens is 208 g/mol. The van der Waals surface area contributed by atoms with E-state index in [4.69, 9.17) is 19.7 Å². The molecule has 98 valence electrons. The van der Waals surface area contributed by atoms with Crippen molar-refractivity contribution < 1.29 is 19.7 Å². The van der Waals surface area contributed by atoms with Crippen molar-refractivity contribution in [2.45, 2.75) is 58.3 Å². The highest BCUT2D eigenvalue weighted by Gasteiger charge is 2.12. The molecule has 0 fully saturated rings. The summed E-state index contributed by atoms with van der Waals surface area (Å²) in [4.78, 5) is 0.